The maximum atomic E-state index is 12.0. The number of carbonyl (C=O) groups is 1. The summed E-state index contributed by atoms with van der Waals surface area (Å²) in [5.74, 6) is -0.601. The number of carbonyl (C=O) groups excluding carboxylic acids is 1. The SMILES string of the molecule is CCOC(=O)Cn1c(=O)[nH]c2sc(C)cc2c1=O. The van der Waals surface area contributed by atoms with E-state index in [0.717, 1.165) is 9.44 Å². The zero-order chi connectivity index (χ0) is 13.3. The molecule has 6 nitrogen and oxygen atoms in total. The topological polar surface area (TPSA) is 81.2 Å². The smallest absolute Gasteiger partial charge is 0.329 e. The lowest BCUT2D eigenvalue weighted by Crippen LogP contribution is -2.37. The third-order valence-corrected chi connectivity index (χ3v) is 3.35. The molecule has 0 unspecified atom stereocenters. The number of aromatic amines is 1. The lowest BCUT2D eigenvalue weighted by atomic mass is 10.3. The quantitative estimate of drug-likeness (QED) is 0.827. The summed E-state index contributed by atoms with van der Waals surface area (Å²) in [5, 5.41) is 0.418. The molecule has 2 rings (SSSR count). The Kier molecular flexibility index (Phi) is 3.33. The van der Waals surface area contributed by atoms with Crippen molar-refractivity contribution < 1.29 is 9.53 Å². The number of nitrogens with one attached hydrogen (secondary N) is 1. The van der Waals surface area contributed by atoms with Gasteiger partial charge in [-0.3, -0.25) is 14.6 Å². The van der Waals surface area contributed by atoms with E-state index >= 15 is 0 Å². The fourth-order valence-corrected chi connectivity index (χ4v) is 2.54. The van der Waals surface area contributed by atoms with Crippen LogP contribution >= 0.6 is 11.3 Å². The van der Waals surface area contributed by atoms with Gasteiger partial charge >= 0.3 is 11.7 Å². The number of nitrogens with zero attached hydrogens (tertiary/aromatic N) is 1. The first-order chi connectivity index (χ1) is 8.52. The summed E-state index contributed by atoms with van der Waals surface area (Å²) in [6, 6.07) is 1.69. The Morgan fingerprint density at radius 2 is 2.22 bits per heavy atom. The van der Waals surface area contributed by atoms with Gasteiger partial charge in [-0.05, 0) is 19.9 Å². The second-order valence-corrected chi connectivity index (χ2v) is 4.98. The maximum Gasteiger partial charge on any atom is 0.329 e. The van der Waals surface area contributed by atoms with E-state index in [2.05, 4.69) is 4.98 Å². The number of H-pyrrole nitrogens is 1. The zero-order valence-corrected chi connectivity index (χ0v) is 10.8. The van der Waals surface area contributed by atoms with Gasteiger partial charge in [0.05, 0.1) is 12.0 Å². The molecule has 0 saturated carbocycles. The number of aromatic nitrogens is 2. The van der Waals surface area contributed by atoms with Crippen LogP contribution in [-0.2, 0) is 16.1 Å². The summed E-state index contributed by atoms with van der Waals surface area (Å²) in [7, 11) is 0. The Labute approximate surface area is 106 Å². The fourth-order valence-electron chi connectivity index (χ4n) is 1.65. The van der Waals surface area contributed by atoms with Gasteiger partial charge in [0, 0.05) is 4.88 Å². The molecule has 2 aromatic heterocycles. The van der Waals surface area contributed by atoms with E-state index in [1.807, 2.05) is 6.92 Å². The lowest BCUT2D eigenvalue weighted by Gasteiger charge is -2.04. The molecule has 0 saturated heterocycles. The van der Waals surface area contributed by atoms with Crippen molar-refractivity contribution in [1.29, 1.82) is 0 Å². The highest BCUT2D eigenvalue weighted by Crippen LogP contribution is 2.18. The summed E-state index contributed by atoms with van der Waals surface area (Å²) in [4.78, 5) is 39.1. The number of ether oxygens (including phenoxy) is 1. The molecular formula is C11H12N2O4S. The van der Waals surface area contributed by atoms with Crippen LogP contribution in [0.2, 0.25) is 0 Å². The second kappa shape index (κ2) is 4.77. The summed E-state index contributed by atoms with van der Waals surface area (Å²) < 4.78 is 5.58. The highest BCUT2D eigenvalue weighted by atomic mass is 32.1. The normalized spacial score (nSPS) is 10.8. The van der Waals surface area contributed by atoms with Crippen LogP contribution in [0, 0.1) is 6.92 Å². The van der Waals surface area contributed by atoms with Gasteiger partial charge in [-0.15, -0.1) is 11.3 Å². The molecule has 96 valence electrons. The minimum absolute atomic E-state index is 0.214. The Balaban J connectivity index is 2.54. The van der Waals surface area contributed by atoms with Gasteiger partial charge in [0.2, 0.25) is 0 Å². The van der Waals surface area contributed by atoms with Crippen molar-refractivity contribution in [3.8, 4) is 0 Å². The van der Waals surface area contributed by atoms with Crippen LogP contribution < -0.4 is 11.2 Å². The van der Waals surface area contributed by atoms with Crippen LogP contribution in [0.1, 0.15) is 11.8 Å². The summed E-state index contributed by atoms with van der Waals surface area (Å²) >= 11 is 1.33. The molecule has 18 heavy (non-hydrogen) atoms. The first-order valence-corrected chi connectivity index (χ1v) is 6.23. The standard InChI is InChI=1S/C11H12N2O4S/c1-3-17-8(14)5-13-10(15)7-4-6(2)18-9(7)12-11(13)16/h4H,3,5H2,1-2H3,(H,12,16). The summed E-state index contributed by atoms with van der Waals surface area (Å²) in [6.45, 7) is 3.35. The average molecular weight is 268 g/mol. The molecule has 0 amide bonds. The van der Waals surface area contributed by atoms with Crippen molar-refractivity contribution in [1.82, 2.24) is 9.55 Å². The first-order valence-electron chi connectivity index (χ1n) is 5.41. The predicted molar refractivity (Wildman–Crippen MR) is 68.1 cm³/mol. The number of hydrogen-bond donors (Lipinski definition) is 1. The second-order valence-electron chi connectivity index (χ2n) is 3.73. The van der Waals surface area contributed by atoms with Gasteiger partial charge in [-0.1, -0.05) is 0 Å². The highest BCUT2D eigenvalue weighted by molar-refractivity contribution is 7.18. The van der Waals surface area contributed by atoms with Crippen LogP contribution in [0.5, 0.6) is 0 Å². The summed E-state index contributed by atoms with van der Waals surface area (Å²) in [5.41, 5.74) is -1.06. The van der Waals surface area contributed by atoms with Gasteiger partial charge in [0.15, 0.2) is 0 Å². The van der Waals surface area contributed by atoms with Crippen LogP contribution in [-0.4, -0.2) is 22.1 Å². The van der Waals surface area contributed by atoms with Crippen molar-refractivity contribution >= 4 is 27.5 Å². The molecule has 7 heteroatoms. The van der Waals surface area contributed by atoms with Crippen molar-refractivity contribution in [2.24, 2.45) is 0 Å². The molecule has 0 spiro atoms. The molecule has 0 aliphatic carbocycles. The van der Waals surface area contributed by atoms with Gasteiger partial charge in [-0.25, -0.2) is 9.36 Å². The van der Waals surface area contributed by atoms with Crippen molar-refractivity contribution in [2.45, 2.75) is 20.4 Å². The summed E-state index contributed by atoms with van der Waals surface area (Å²) in [6.07, 6.45) is 0. The molecule has 0 atom stereocenters. The fraction of sp³-hybridized carbons (Fsp3) is 0.364. The largest absolute Gasteiger partial charge is 0.465 e. The van der Waals surface area contributed by atoms with E-state index in [4.69, 9.17) is 4.74 Å². The Morgan fingerprint density at radius 3 is 2.89 bits per heavy atom. The predicted octanol–water partition coefficient (Wildman–Crippen LogP) is 0.623. The van der Waals surface area contributed by atoms with Crippen molar-refractivity contribution in [3.63, 3.8) is 0 Å². The van der Waals surface area contributed by atoms with Crippen LogP contribution in [0.15, 0.2) is 15.7 Å². The minimum atomic E-state index is -0.601. The first kappa shape index (κ1) is 12.6. The van der Waals surface area contributed by atoms with Gasteiger partial charge in [0.25, 0.3) is 5.56 Å². The monoisotopic (exact) mass is 268 g/mol. The highest BCUT2D eigenvalue weighted by Gasteiger charge is 2.13. The van der Waals surface area contributed by atoms with Crippen LogP contribution in [0.4, 0.5) is 0 Å². The Hall–Kier alpha value is -1.89. The maximum absolute atomic E-state index is 12.0. The number of aryl methyl sites for hydroxylation is 1. The Bertz CT molecular complexity index is 710. The van der Waals surface area contributed by atoms with Crippen molar-refractivity contribution in [2.75, 3.05) is 6.61 Å². The van der Waals surface area contributed by atoms with Crippen molar-refractivity contribution in [3.05, 3.63) is 31.8 Å². The van der Waals surface area contributed by atoms with Gasteiger partial charge in [-0.2, -0.15) is 0 Å². The molecule has 0 aliphatic rings. The van der Waals surface area contributed by atoms with E-state index in [0.29, 0.717) is 10.2 Å². The van der Waals surface area contributed by atoms with E-state index in [9.17, 15) is 14.4 Å². The van der Waals surface area contributed by atoms with Crippen LogP contribution in [0.25, 0.3) is 10.2 Å². The van der Waals surface area contributed by atoms with E-state index in [1.54, 1.807) is 13.0 Å². The molecule has 0 radical (unpaired) electrons. The van der Waals surface area contributed by atoms with E-state index in [1.165, 1.54) is 11.3 Å². The molecule has 2 heterocycles. The third-order valence-electron chi connectivity index (χ3n) is 2.39. The molecular weight excluding hydrogens is 256 g/mol. The third kappa shape index (κ3) is 2.21. The number of rotatable bonds is 3. The molecule has 2 aromatic rings. The average Bonchev–Trinajstić information content (AvgIpc) is 2.65. The molecule has 0 aromatic carbocycles. The zero-order valence-electron chi connectivity index (χ0n) is 9.98. The van der Waals surface area contributed by atoms with E-state index in [-0.39, 0.29) is 13.2 Å². The number of fused-ring (bicyclic) bond motifs is 1. The molecule has 0 aliphatic heterocycles. The minimum Gasteiger partial charge on any atom is -0.465 e. The number of hydrogen-bond acceptors (Lipinski definition) is 5. The number of thiophene rings is 1. The lowest BCUT2D eigenvalue weighted by molar-refractivity contribution is -0.143. The van der Waals surface area contributed by atoms with Gasteiger partial charge < -0.3 is 4.74 Å². The molecule has 0 fully saturated rings. The number of esters is 1. The van der Waals surface area contributed by atoms with Gasteiger partial charge in [0.1, 0.15) is 11.4 Å². The Morgan fingerprint density at radius 1 is 1.50 bits per heavy atom. The van der Waals surface area contributed by atoms with E-state index < -0.39 is 17.2 Å². The van der Waals surface area contributed by atoms with Crippen LogP contribution in [0.3, 0.4) is 0 Å². The molecule has 1 N–H and O–H groups in total. The molecule has 0 bridgehead atoms.